The van der Waals surface area contributed by atoms with Gasteiger partial charge in [0.05, 0.1) is 18.3 Å². The zero-order valence-electron chi connectivity index (χ0n) is 29.6. The molecule has 14 heteroatoms. The monoisotopic (exact) mass is 719 g/mol. The molecule has 7 rings (SSSR count). The highest BCUT2D eigenvalue weighted by Gasteiger charge is 2.46. The van der Waals surface area contributed by atoms with Gasteiger partial charge in [0.1, 0.15) is 17.4 Å². The third-order valence-electron chi connectivity index (χ3n) is 10.7. The fourth-order valence-electron chi connectivity index (χ4n) is 7.86. The number of alkyl halides is 3. The van der Waals surface area contributed by atoms with Gasteiger partial charge in [0, 0.05) is 74.7 Å². The molecule has 4 aromatic rings. The van der Waals surface area contributed by atoms with Crippen LogP contribution in [0.15, 0.2) is 43.6 Å². The van der Waals surface area contributed by atoms with Crippen LogP contribution in [-0.2, 0) is 9.53 Å². The highest BCUT2D eigenvalue weighted by atomic mass is 19.4. The van der Waals surface area contributed by atoms with E-state index in [0.29, 0.717) is 60.7 Å². The van der Waals surface area contributed by atoms with Gasteiger partial charge in [-0.3, -0.25) is 9.89 Å². The smallest absolute Gasteiger partial charge is 0.422 e. The molecule has 0 atom stereocenters. The van der Waals surface area contributed by atoms with Crippen LogP contribution >= 0.6 is 0 Å². The number of fused-ring (bicyclic) bond motifs is 2. The molecule has 0 unspecified atom stereocenters. The van der Waals surface area contributed by atoms with E-state index in [1.165, 1.54) is 6.08 Å². The van der Waals surface area contributed by atoms with Crippen molar-refractivity contribution in [3.8, 4) is 22.9 Å². The lowest BCUT2D eigenvalue weighted by molar-refractivity contribution is -0.153. The lowest BCUT2D eigenvalue weighted by Crippen LogP contribution is -2.61. The fourth-order valence-corrected chi connectivity index (χ4v) is 7.86. The number of aryl methyl sites for hydroxylation is 1. The number of rotatable bonds is 11. The molecule has 3 saturated heterocycles. The van der Waals surface area contributed by atoms with Crippen molar-refractivity contribution < 1.29 is 32.2 Å². The van der Waals surface area contributed by atoms with Crippen LogP contribution in [0.25, 0.3) is 39.0 Å². The number of methoxy groups -OCH3 is 1. The van der Waals surface area contributed by atoms with Crippen LogP contribution < -0.4 is 14.4 Å². The molecular weight excluding hydrogens is 675 g/mol. The normalized spacial score (nSPS) is 18.2. The van der Waals surface area contributed by atoms with Crippen molar-refractivity contribution in [3.63, 3.8) is 0 Å². The summed E-state index contributed by atoms with van der Waals surface area (Å²) in [6.07, 6.45) is 2.98. The van der Waals surface area contributed by atoms with E-state index in [2.05, 4.69) is 33.2 Å². The summed E-state index contributed by atoms with van der Waals surface area (Å²) in [6.45, 7) is 13.8. The zero-order chi connectivity index (χ0) is 36.6. The SMILES string of the molecule is C=CC(=O)N1CC2(CCN(c3nc(OC4CCN(CCOC)CC4)nc4c(OCC(F)(F)F)c(-c5c(C)ccc6[nH]ncc56)c(C=C)cc34)CC2)C1. The molecular formula is C38H44F3N7O4. The van der Waals surface area contributed by atoms with Crippen LogP contribution in [-0.4, -0.2) is 114 Å². The molecule has 3 aliphatic heterocycles. The van der Waals surface area contributed by atoms with Crippen molar-refractivity contribution in [1.82, 2.24) is 30.0 Å². The Morgan fingerprint density at radius 1 is 1.08 bits per heavy atom. The maximum atomic E-state index is 14.0. The Balaban J connectivity index is 1.34. The van der Waals surface area contributed by atoms with E-state index in [9.17, 15) is 18.0 Å². The minimum absolute atomic E-state index is 0.00928. The summed E-state index contributed by atoms with van der Waals surface area (Å²) in [6, 6.07) is 5.77. The summed E-state index contributed by atoms with van der Waals surface area (Å²) in [5.74, 6) is 0.479. The second-order valence-corrected chi connectivity index (χ2v) is 14.1. The van der Waals surface area contributed by atoms with Crippen molar-refractivity contribution in [2.75, 3.05) is 71.0 Å². The van der Waals surface area contributed by atoms with E-state index in [1.807, 2.05) is 25.1 Å². The van der Waals surface area contributed by atoms with Gasteiger partial charge in [-0.05, 0) is 67.5 Å². The molecule has 2 aromatic heterocycles. The van der Waals surface area contributed by atoms with E-state index >= 15 is 0 Å². The fraction of sp³-hybridized carbons (Fsp3) is 0.474. The third kappa shape index (κ3) is 7.05. The predicted molar refractivity (Wildman–Crippen MR) is 194 cm³/mol. The molecule has 0 aliphatic carbocycles. The largest absolute Gasteiger partial charge is 0.481 e. The van der Waals surface area contributed by atoms with Gasteiger partial charge in [0.25, 0.3) is 0 Å². The second-order valence-electron chi connectivity index (χ2n) is 14.1. The van der Waals surface area contributed by atoms with Gasteiger partial charge in [-0.1, -0.05) is 25.3 Å². The van der Waals surface area contributed by atoms with Gasteiger partial charge in [-0.2, -0.15) is 28.2 Å². The number of aromatic nitrogens is 4. The lowest BCUT2D eigenvalue weighted by atomic mass is 9.72. The first-order chi connectivity index (χ1) is 25.0. The molecule has 1 amide bonds. The zero-order valence-corrected chi connectivity index (χ0v) is 29.6. The molecule has 0 radical (unpaired) electrons. The molecule has 3 aliphatic rings. The summed E-state index contributed by atoms with van der Waals surface area (Å²) in [4.78, 5) is 28.3. The Kier molecular flexibility index (Phi) is 9.87. The molecule has 3 fully saturated rings. The van der Waals surface area contributed by atoms with Gasteiger partial charge in [0.2, 0.25) is 5.91 Å². The first kappa shape index (κ1) is 35.7. The highest BCUT2D eigenvalue weighted by Crippen LogP contribution is 2.48. The molecule has 11 nitrogen and oxygen atoms in total. The molecule has 5 heterocycles. The Bertz CT molecular complexity index is 1970. The lowest BCUT2D eigenvalue weighted by Gasteiger charge is -2.54. The topological polar surface area (TPSA) is 109 Å². The summed E-state index contributed by atoms with van der Waals surface area (Å²) in [5.41, 5.74) is 3.49. The average molecular weight is 720 g/mol. The maximum Gasteiger partial charge on any atom is 0.422 e. The van der Waals surface area contributed by atoms with Crippen LogP contribution in [0, 0.1) is 12.3 Å². The molecule has 0 saturated carbocycles. The Labute approximate surface area is 300 Å². The Morgan fingerprint density at radius 2 is 1.83 bits per heavy atom. The number of aromatic amines is 1. The summed E-state index contributed by atoms with van der Waals surface area (Å²) >= 11 is 0. The number of H-pyrrole nitrogens is 1. The number of nitrogens with one attached hydrogen (secondary N) is 1. The second kappa shape index (κ2) is 14.4. The van der Waals surface area contributed by atoms with Gasteiger partial charge in [0.15, 0.2) is 12.4 Å². The molecule has 276 valence electrons. The standard InChI is InChI=1S/C38H44F3N7O4/c1-5-25-19-27-33(34(51-23-38(39,40)41)32(25)31-24(3)7-8-29-28(31)20-42-45-29)43-36(52-26-9-13-46(14-10-26)17-18-50-4)44-35(27)47-15-11-37(12-16-47)21-48(22-37)30(49)6-2/h5-8,19-20,26H,1-2,9-18,21-23H2,3-4H3,(H,42,45). The average Bonchev–Trinajstić information content (AvgIpc) is 3.60. The van der Waals surface area contributed by atoms with Gasteiger partial charge < -0.3 is 28.9 Å². The molecule has 1 spiro atoms. The predicted octanol–water partition coefficient (Wildman–Crippen LogP) is 6.17. The number of carbonyl (C=O) groups is 1. The van der Waals surface area contributed by atoms with Crippen LogP contribution in [0.1, 0.15) is 36.8 Å². The van der Waals surface area contributed by atoms with E-state index in [0.717, 1.165) is 61.8 Å². The van der Waals surface area contributed by atoms with E-state index in [1.54, 1.807) is 24.3 Å². The molecule has 1 N–H and O–H groups in total. The minimum atomic E-state index is -4.61. The first-order valence-corrected chi connectivity index (χ1v) is 17.7. The van der Waals surface area contributed by atoms with Crippen molar-refractivity contribution in [2.45, 2.75) is 44.9 Å². The number of benzene rings is 2. The van der Waals surface area contributed by atoms with Crippen LogP contribution in [0.5, 0.6) is 11.8 Å². The number of hydrogen-bond acceptors (Lipinski definition) is 9. The Morgan fingerprint density at radius 3 is 2.50 bits per heavy atom. The van der Waals surface area contributed by atoms with Crippen molar-refractivity contribution >= 4 is 39.6 Å². The number of piperidine rings is 2. The Hall–Kier alpha value is -4.69. The van der Waals surface area contributed by atoms with Crippen molar-refractivity contribution in [2.24, 2.45) is 5.41 Å². The number of ether oxygens (including phenoxy) is 3. The summed E-state index contributed by atoms with van der Waals surface area (Å²) in [5, 5.41) is 8.47. The van der Waals surface area contributed by atoms with E-state index in [-0.39, 0.29) is 34.7 Å². The number of likely N-dealkylation sites (tertiary alicyclic amines) is 2. The summed E-state index contributed by atoms with van der Waals surface area (Å²) < 4.78 is 59.4. The molecule has 0 bridgehead atoms. The van der Waals surface area contributed by atoms with Crippen molar-refractivity contribution in [1.29, 1.82) is 0 Å². The van der Waals surface area contributed by atoms with Crippen molar-refractivity contribution in [3.05, 3.63) is 54.8 Å². The number of carbonyl (C=O) groups excluding carboxylic acids is 1. The number of anilines is 1. The van der Waals surface area contributed by atoms with Gasteiger partial charge in [-0.25, -0.2) is 0 Å². The van der Waals surface area contributed by atoms with Gasteiger partial charge >= 0.3 is 12.2 Å². The van der Waals surface area contributed by atoms with Crippen LogP contribution in [0.3, 0.4) is 0 Å². The van der Waals surface area contributed by atoms with Crippen LogP contribution in [0.4, 0.5) is 19.0 Å². The minimum Gasteiger partial charge on any atom is -0.481 e. The van der Waals surface area contributed by atoms with Crippen LogP contribution in [0.2, 0.25) is 0 Å². The molecule has 2 aromatic carbocycles. The highest BCUT2D eigenvalue weighted by molar-refractivity contribution is 6.07. The van der Waals surface area contributed by atoms with Gasteiger partial charge in [-0.15, -0.1) is 0 Å². The third-order valence-corrected chi connectivity index (χ3v) is 10.7. The van der Waals surface area contributed by atoms with E-state index < -0.39 is 12.8 Å². The number of hydrogen-bond donors (Lipinski definition) is 1. The van der Waals surface area contributed by atoms with E-state index in [4.69, 9.17) is 24.2 Å². The quantitative estimate of drug-likeness (QED) is 0.182. The number of nitrogens with zero attached hydrogens (tertiary/aromatic N) is 6. The first-order valence-electron chi connectivity index (χ1n) is 17.7. The number of amides is 1. The number of halogens is 3. The summed E-state index contributed by atoms with van der Waals surface area (Å²) in [7, 11) is 1.68. The molecule has 52 heavy (non-hydrogen) atoms. The maximum absolute atomic E-state index is 14.0.